The molecule has 0 aliphatic carbocycles. The molecule has 1 aromatic carbocycles. The number of benzene rings is 1. The summed E-state index contributed by atoms with van der Waals surface area (Å²) in [6.45, 7) is 3.75. The number of hydrogen-bond donors (Lipinski definition) is 1. The van der Waals surface area contributed by atoms with E-state index in [1.54, 1.807) is 6.07 Å². The molecular weight excluding hydrogens is 217 g/mol. The van der Waals surface area contributed by atoms with Gasteiger partial charge >= 0.3 is 0 Å². The number of halogens is 1. The molecule has 2 rings (SSSR count). The Kier molecular flexibility index (Phi) is 4.51. The standard InChI is InChI=1S/C14H20FNO/c1-2-14(12-7-3-4-8-13(12)15)16-10-11-6-5-9-17-11/h3-4,7-8,11,14,16H,2,5-6,9-10H2,1H3. The molecule has 1 heterocycles. The fourth-order valence-corrected chi connectivity index (χ4v) is 2.31. The fraction of sp³-hybridized carbons (Fsp3) is 0.571. The summed E-state index contributed by atoms with van der Waals surface area (Å²) in [5.41, 5.74) is 0.757. The first-order chi connectivity index (χ1) is 8.31. The molecular formula is C14H20FNO. The van der Waals surface area contributed by atoms with Gasteiger partial charge in [0.25, 0.3) is 0 Å². The highest BCUT2D eigenvalue weighted by molar-refractivity contribution is 5.21. The van der Waals surface area contributed by atoms with Crippen LogP contribution >= 0.6 is 0 Å². The van der Waals surface area contributed by atoms with E-state index in [1.807, 2.05) is 12.1 Å². The minimum absolute atomic E-state index is 0.0837. The second kappa shape index (κ2) is 6.12. The summed E-state index contributed by atoms with van der Waals surface area (Å²) in [5, 5.41) is 3.40. The summed E-state index contributed by atoms with van der Waals surface area (Å²) in [4.78, 5) is 0. The average Bonchev–Trinajstić information content (AvgIpc) is 2.85. The van der Waals surface area contributed by atoms with Crippen LogP contribution in [0, 0.1) is 5.82 Å². The molecule has 0 amide bonds. The zero-order valence-electron chi connectivity index (χ0n) is 10.3. The van der Waals surface area contributed by atoms with Crippen LogP contribution in [0.5, 0.6) is 0 Å². The van der Waals surface area contributed by atoms with Gasteiger partial charge in [-0.3, -0.25) is 0 Å². The van der Waals surface area contributed by atoms with E-state index in [0.29, 0.717) is 6.10 Å². The van der Waals surface area contributed by atoms with Gasteiger partial charge in [0, 0.05) is 24.8 Å². The van der Waals surface area contributed by atoms with Gasteiger partial charge in [-0.15, -0.1) is 0 Å². The summed E-state index contributed by atoms with van der Waals surface area (Å²) in [7, 11) is 0. The summed E-state index contributed by atoms with van der Waals surface area (Å²) in [6, 6.07) is 7.07. The van der Waals surface area contributed by atoms with Crippen LogP contribution in [0.2, 0.25) is 0 Å². The monoisotopic (exact) mass is 237 g/mol. The van der Waals surface area contributed by atoms with Gasteiger partial charge in [-0.1, -0.05) is 25.1 Å². The Morgan fingerprint density at radius 2 is 2.29 bits per heavy atom. The SMILES string of the molecule is CCC(NCC1CCCO1)c1ccccc1F. The molecule has 1 aliphatic rings. The molecule has 17 heavy (non-hydrogen) atoms. The lowest BCUT2D eigenvalue weighted by molar-refractivity contribution is 0.107. The first kappa shape index (κ1) is 12.5. The van der Waals surface area contributed by atoms with Crippen molar-refractivity contribution in [3.05, 3.63) is 35.6 Å². The van der Waals surface area contributed by atoms with Crippen LogP contribution in [0.1, 0.15) is 37.8 Å². The van der Waals surface area contributed by atoms with Crippen LogP contribution in [-0.4, -0.2) is 19.3 Å². The topological polar surface area (TPSA) is 21.3 Å². The molecule has 1 aromatic rings. The Morgan fingerprint density at radius 3 is 2.94 bits per heavy atom. The maximum Gasteiger partial charge on any atom is 0.127 e. The van der Waals surface area contributed by atoms with Gasteiger partial charge in [0.2, 0.25) is 0 Å². The lowest BCUT2D eigenvalue weighted by Gasteiger charge is -2.20. The minimum atomic E-state index is -0.126. The van der Waals surface area contributed by atoms with Crippen LogP contribution in [-0.2, 0) is 4.74 Å². The van der Waals surface area contributed by atoms with E-state index in [0.717, 1.165) is 38.0 Å². The molecule has 0 spiro atoms. The van der Waals surface area contributed by atoms with E-state index in [9.17, 15) is 4.39 Å². The zero-order valence-corrected chi connectivity index (χ0v) is 10.3. The normalized spacial score (nSPS) is 21.6. The first-order valence-corrected chi connectivity index (χ1v) is 6.40. The molecule has 1 fully saturated rings. The van der Waals surface area contributed by atoms with Gasteiger partial charge in [-0.05, 0) is 25.3 Å². The third-order valence-corrected chi connectivity index (χ3v) is 3.30. The van der Waals surface area contributed by atoms with Crippen molar-refractivity contribution >= 4 is 0 Å². The van der Waals surface area contributed by atoms with Crippen molar-refractivity contribution in [1.82, 2.24) is 5.32 Å². The minimum Gasteiger partial charge on any atom is -0.377 e. The predicted molar refractivity (Wildman–Crippen MR) is 66.4 cm³/mol. The van der Waals surface area contributed by atoms with Crippen molar-refractivity contribution in [2.75, 3.05) is 13.2 Å². The van der Waals surface area contributed by atoms with E-state index >= 15 is 0 Å². The number of nitrogens with one attached hydrogen (secondary N) is 1. The Balaban J connectivity index is 1.94. The largest absolute Gasteiger partial charge is 0.377 e. The summed E-state index contributed by atoms with van der Waals surface area (Å²) < 4.78 is 19.2. The van der Waals surface area contributed by atoms with Crippen LogP contribution in [0.25, 0.3) is 0 Å². The summed E-state index contributed by atoms with van der Waals surface area (Å²) in [6.07, 6.45) is 3.44. The van der Waals surface area contributed by atoms with Gasteiger partial charge in [0.15, 0.2) is 0 Å². The van der Waals surface area contributed by atoms with Crippen molar-refractivity contribution in [2.45, 2.75) is 38.3 Å². The predicted octanol–water partition coefficient (Wildman–Crippen LogP) is 3.05. The second-order valence-electron chi connectivity index (χ2n) is 4.53. The van der Waals surface area contributed by atoms with Crippen LogP contribution in [0.15, 0.2) is 24.3 Å². The quantitative estimate of drug-likeness (QED) is 0.850. The fourth-order valence-electron chi connectivity index (χ4n) is 2.31. The van der Waals surface area contributed by atoms with Gasteiger partial charge in [-0.2, -0.15) is 0 Å². The number of rotatable bonds is 5. The molecule has 0 bridgehead atoms. The molecule has 2 nitrogen and oxygen atoms in total. The highest BCUT2D eigenvalue weighted by Gasteiger charge is 2.18. The Bertz CT molecular complexity index is 350. The Labute approximate surface area is 102 Å². The average molecular weight is 237 g/mol. The molecule has 0 aromatic heterocycles. The summed E-state index contributed by atoms with van der Waals surface area (Å²) in [5.74, 6) is -0.126. The maximum atomic E-state index is 13.7. The molecule has 1 N–H and O–H groups in total. The molecule has 3 heteroatoms. The van der Waals surface area contributed by atoms with Crippen molar-refractivity contribution in [2.24, 2.45) is 0 Å². The van der Waals surface area contributed by atoms with Crippen LogP contribution in [0.4, 0.5) is 4.39 Å². The van der Waals surface area contributed by atoms with E-state index in [-0.39, 0.29) is 11.9 Å². The number of hydrogen-bond acceptors (Lipinski definition) is 2. The van der Waals surface area contributed by atoms with Crippen molar-refractivity contribution in [1.29, 1.82) is 0 Å². The smallest absolute Gasteiger partial charge is 0.127 e. The molecule has 0 radical (unpaired) electrons. The molecule has 2 atom stereocenters. The third-order valence-electron chi connectivity index (χ3n) is 3.30. The van der Waals surface area contributed by atoms with Crippen molar-refractivity contribution < 1.29 is 9.13 Å². The van der Waals surface area contributed by atoms with Crippen molar-refractivity contribution in [3.63, 3.8) is 0 Å². The molecule has 94 valence electrons. The Hall–Kier alpha value is -0.930. The van der Waals surface area contributed by atoms with Gasteiger partial charge in [0.1, 0.15) is 5.82 Å². The molecule has 0 saturated carbocycles. The van der Waals surface area contributed by atoms with E-state index in [4.69, 9.17) is 4.74 Å². The maximum absolute atomic E-state index is 13.7. The van der Waals surface area contributed by atoms with E-state index in [1.165, 1.54) is 6.07 Å². The molecule has 2 unspecified atom stereocenters. The Morgan fingerprint density at radius 1 is 1.47 bits per heavy atom. The highest BCUT2D eigenvalue weighted by Crippen LogP contribution is 2.20. The third kappa shape index (κ3) is 3.27. The van der Waals surface area contributed by atoms with Crippen LogP contribution < -0.4 is 5.32 Å². The van der Waals surface area contributed by atoms with Crippen LogP contribution in [0.3, 0.4) is 0 Å². The van der Waals surface area contributed by atoms with E-state index < -0.39 is 0 Å². The number of ether oxygens (including phenoxy) is 1. The van der Waals surface area contributed by atoms with Gasteiger partial charge in [-0.25, -0.2) is 4.39 Å². The van der Waals surface area contributed by atoms with Gasteiger partial charge < -0.3 is 10.1 Å². The lowest BCUT2D eigenvalue weighted by atomic mass is 10.0. The highest BCUT2D eigenvalue weighted by atomic mass is 19.1. The van der Waals surface area contributed by atoms with E-state index in [2.05, 4.69) is 12.2 Å². The molecule has 1 saturated heterocycles. The van der Waals surface area contributed by atoms with Crippen molar-refractivity contribution in [3.8, 4) is 0 Å². The van der Waals surface area contributed by atoms with Gasteiger partial charge in [0.05, 0.1) is 6.10 Å². The summed E-state index contributed by atoms with van der Waals surface area (Å²) >= 11 is 0. The zero-order chi connectivity index (χ0) is 12.1. The lowest BCUT2D eigenvalue weighted by Crippen LogP contribution is -2.30. The molecule has 1 aliphatic heterocycles. The second-order valence-corrected chi connectivity index (χ2v) is 4.53. The first-order valence-electron chi connectivity index (χ1n) is 6.40.